The standard InChI is InChI=1S/C29H28N6O2/c1-21-24(13-15-26(30)34-21)18-32-27(36)20-35-25(14-12-22-8-4-2-5-9-22)19-33-28(29(35)37)31-17-16-23-10-6-3-7-11-23/h2-11,13,15,19H,16-18,20H2,1H3,(H2,30,34)(H,31,33)(H,32,36). The number of aryl methyl sites for hydroxylation is 1. The van der Waals surface area contributed by atoms with Gasteiger partial charge in [-0.3, -0.25) is 14.2 Å². The van der Waals surface area contributed by atoms with E-state index < -0.39 is 5.56 Å². The van der Waals surface area contributed by atoms with E-state index in [0.717, 1.165) is 28.8 Å². The molecule has 4 rings (SSSR count). The van der Waals surface area contributed by atoms with Gasteiger partial charge in [0, 0.05) is 24.3 Å². The maximum atomic E-state index is 13.3. The van der Waals surface area contributed by atoms with Crippen LogP contribution in [-0.4, -0.2) is 27.0 Å². The number of nitrogens with zero attached hydrogens (tertiary/aromatic N) is 3. The van der Waals surface area contributed by atoms with Crippen LogP contribution in [0, 0.1) is 18.8 Å². The molecule has 2 aromatic carbocycles. The lowest BCUT2D eigenvalue weighted by atomic mass is 10.1. The molecule has 4 N–H and O–H groups in total. The minimum absolute atomic E-state index is 0.174. The lowest BCUT2D eigenvalue weighted by Gasteiger charge is -2.13. The Morgan fingerprint density at radius 3 is 2.46 bits per heavy atom. The molecule has 2 heterocycles. The first kappa shape index (κ1) is 25.2. The number of carbonyl (C=O) groups is 1. The molecule has 0 saturated carbocycles. The fourth-order valence-electron chi connectivity index (χ4n) is 3.68. The second-order valence-corrected chi connectivity index (χ2v) is 8.42. The number of nitrogens with two attached hydrogens (primary N) is 1. The Morgan fingerprint density at radius 1 is 1.00 bits per heavy atom. The van der Waals surface area contributed by atoms with Crippen molar-refractivity contribution in [2.75, 3.05) is 17.6 Å². The summed E-state index contributed by atoms with van der Waals surface area (Å²) in [5.41, 5.74) is 9.17. The van der Waals surface area contributed by atoms with E-state index >= 15 is 0 Å². The van der Waals surface area contributed by atoms with Crippen molar-refractivity contribution in [3.05, 3.63) is 117 Å². The zero-order chi connectivity index (χ0) is 26.0. The van der Waals surface area contributed by atoms with E-state index in [2.05, 4.69) is 32.4 Å². The first-order valence-electron chi connectivity index (χ1n) is 11.9. The van der Waals surface area contributed by atoms with Gasteiger partial charge in [-0.15, -0.1) is 0 Å². The molecule has 0 radical (unpaired) electrons. The van der Waals surface area contributed by atoms with E-state index in [4.69, 9.17) is 5.73 Å². The van der Waals surface area contributed by atoms with Crippen molar-refractivity contribution in [1.29, 1.82) is 0 Å². The number of nitrogen functional groups attached to an aromatic ring is 1. The summed E-state index contributed by atoms with van der Waals surface area (Å²) in [6.07, 6.45) is 2.25. The number of rotatable bonds is 8. The Labute approximate surface area is 215 Å². The molecular formula is C29H28N6O2. The lowest BCUT2D eigenvalue weighted by Crippen LogP contribution is -2.35. The van der Waals surface area contributed by atoms with E-state index in [1.807, 2.05) is 73.7 Å². The van der Waals surface area contributed by atoms with E-state index in [0.29, 0.717) is 18.1 Å². The largest absolute Gasteiger partial charge is 0.384 e. The van der Waals surface area contributed by atoms with Crippen LogP contribution in [0.5, 0.6) is 0 Å². The Bertz CT molecular complexity index is 1490. The molecule has 0 aliphatic heterocycles. The second kappa shape index (κ2) is 12.2. The number of carbonyl (C=O) groups excluding carboxylic acids is 1. The van der Waals surface area contributed by atoms with E-state index in [1.54, 1.807) is 6.07 Å². The summed E-state index contributed by atoms with van der Waals surface area (Å²) < 4.78 is 1.34. The van der Waals surface area contributed by atoms with Gasteiger partial charge >= 0.3 is 0 Å². The molecule has 0 fully saturated rings. The van der Waals surface area contributed by atoms with Gasteiger partial charge in [0.15, 0.2) is 5.82 Å². The molecule has 0 saturated heterocycles. The van der Waals surface area contributed by atoms with Gasteiger partial charge in [-0.1, -0.05) is 60.5 Å². The number of amides is 1. The van der Waals surface area contributed by atoms with Gasteiger partial charge < -0.3 is 16.4 Å². The Hall–Kier alpha value is -4.90. The number of hydrogen-bond donors (Lipinski definition) is 3. The van der Waals surface area contributed by atoms with Crippen molar-refractivity contribution < 1.29 is 4.79 Å². The van der Waals surface area contributed by atoms with Crippen LogP contribution in [0.4, 0.5) is 11.6 Å². The SMILES string of the molecule is Cc1nc(N)ccc1CNC(=O)Cn1c(C#Cc2ccccc2)cnc(NCCc2ccccc2)c1=O. The maximum Gasteiger partial charge on any atom is 0.294 e. The van der Waals surface area contributed by atoms with E-state index in [1.165, 1.54) is 10.8 Å². The summed E-state index contributed by atoms with van der Waals surface area (Å²) in [6.45, 7) is 2.42. The predicted octanol–water partition coefficient (Wildman–Crippen LogP) is 2.90. The van der Waals surface area contributed by atoms with Crippen molar-refractivity contribution in [2.24, 2.45) is 0 Å². The summed E-state index contributed by atoms with van der Waals surface area (Å²) in [7, 11) is 0. The molecule has 186 valence electrons. The highest BCUT2D eigenvalue weighted by molar-refractivity contribution is 5.76. The molecule has 4 aromatic rings. The zero-order valence-electron chi connectivity index (χ0n) is 20.6. The first-order valence-corrected chi connectivity index (χ1v) is 11.9. The zero-order valence-corrected chi connectivity index (χ0v) is 20.6. The van der Waals surface area contributed by atoms with Crippen LogP contribution in [0.15, 0.2) is 83.8 Å². The third kappa shape index (κ3) is 7.05. The monoisotopic (exact) mass is 492 g/mol. The summed E-state index contributed by atoms with van der Waals surface area (Å²) in [5.74, 6) is 6.29. The fraction of sp³-hybridized carbons (Fsp3) is 0.172. The molecule has 8 nitrogen and oxygen atoms in total. The Kier molecular flexibility index (Phi) is 8.29. The molecule has 0 aliphatic rings. The van der Waals surface area contributed by atoms with Crippen LogP contribution in [0.2, 0.25) is 0 Å². The predicted molar refractivity (Wildman–Crippen MR) is 145 cm³/mol. The van der Waals surface area contributed by atoms with Gasteiger partial charge in [-0.2, -0.15) is 0 Å². The van der Waals surface area contributed by atoms with Crippen molar-refractivity contribution in [3.8, 4) is 11.8 Å². The van der Waals surface area contributed by atoms with Crippen molar-refractivity contribution in [2.45, 2.75) is 26.4 Å². The van der Waals surface area contributed by atoms with E-state index in [9.17, 15) is 9.59 Å². The van der Waals surface area contributed by atoms with Gasteiger partial charge in [-0.05, 0) is 48.6 Å². The highest BCUT2D eigenvalue weighted by Gasteiger charge is 2.13. The van der Waals surface area contributed by atoms with Crippen LogP contribution >= 0.6 is 0 Å². The number of aromatic nitrogens is 3. The average Bonchev–Trinajstić information content (AvgIpc) is 2.91. The molecule has 37 heavy (non-hydrogen) atoms. The van der Waals surface area contributed by atoms with Gasteiger partial charge in [0.2, 0.25) is 5.91 Å². The summed E-state index contributed by atoms with van der Waals surface area (Å²) in [6, 6.07) is 22.9. The summed E-state index contributed by atoms with van der Waals surface area (Å²) >= 11 is 0. The number of hydrogen-bond acceptors (Lipinski definition) is 6. The number of benzene rings is 2. The molecule has 0 unspecified atom stereocenters. The Balaban J connectivity index is 1.53. The number of nitrogens with one attached hydrogen (secondary N) is 2. The van der Waals surface area contributed by atoms with Crippen molar-refractivity contribution >= 4 is 17.5 Å². The van der Waals surface area contributed by atoms with Crippen molar-refractivity contribution in [3.63, 3.8) is 0 Å². The Morgan fingerprint density at radius 2 is 1.73 bits per heavy atom. The van der Waals surface area contributed by atoms with Crippen LogP contribution < -0.4 is 21.9 Å². The van der Waals surface area contributed by atoms with Gasteiger partial charge in [0.25, 0.3) is 5.56 Å². The molecule has 1 amide bonds. The molecule has 0 bridgehead atoms. The minimum Gasteiger partial charge on any atom is -0.384 e. The normalized spacial score (nSPS) is 10.3. The van der Waals surface area contributed by atoms with E-state index in [-0.39, 0.29) is 24.8 Å². The lowest BCUT2D eigenvalue weighted by molar-refractivity contribution is -0.121. The topological polar surface area (TPSA) is 115 Å². The molecule has 0 aliphatic carbocycles. The third-order valence-corrected chi connectivity index (χ3v) is 5.71. The summed E-state index contributed by atoms with van der Waals surface area (Å²) in [5, 5.41) is 5.95. The first-order chi connectivity index (χ1) is 18.0. The molecule has 8 heteroatoms. The van der Waals surface area contributed by atoms with Gasteiger partial charge in [0.05, 0.1) is 6.20 Å². The third-order valence-electron chi connectivity index (χ3n) is 5.71. The minimum atomic E-state index is -0.409. The van der Waals surface area contributed by atoms with Crippen LogP contribution in [0.1, 0.15) is 28.1 Å². The van der Waals surface area contributed by atoms with Crippen LogP contribution in [0.25, 0.3) is 0 Å². The van der Waals surface area contributed by atoms with Gasteiger partial charge in [0.1, 0.15) is 18.1 Å². The molecule has 2 aromatic heterocycles. The van der Waals surface area contributed by atoms with Gasteiger partial charge in [-0.25, -0.2) is 9.97 Å². The fourth-order valence-corrected chi connectivity index (χ4v) is 3.68. The summed E-state index contributed by atoms with van der Waals surface area (Å²) in [4.78, 5) is 34.7. The quantitative estimate of drug-likeness (QED) is 0.326. The number of pyridine rings is 1. The highest BCUT2D eigenvalue weighted by atomic mass is 16.2. The molecular weight excluding hydrogens is 464 g/mol. The second-order valence-electron chi connectivity index (χ2n) is 8.42. The van der Waals surface area contributed by atoms with Crippen LogP contribution in [-0.2, 0) is 24.3 Å². The average molecular weight is 493 g/mol. The van der Waals surface area contributed by atoms with Crippen molar-refractivity contribution in [1.82, 2.24) is 19.9 Å². The molecule has 0 spiro atoms. The maximum absolute atomic E-state index is 13.3. The highest BCUT2D eigenvalue weighted by Crippen LogP contribution is 2.08. The molecule has 0 atom stereocenters. The smallest absolute Gasteiger partial charge is 0.294 e. The van der Waals surface area contributed by atoms with Crippen LogP contribution in [0.3, 0.4) is 0 Å². The number of anilines is 2.